The van der Waals surface area contributed by atoms with Crippen LogP contribution < -0.4 is 20.7 Å². The fourth-order valence-electron chi connectivity index (χ4n) is 1.60. The maximum atomic E-state index is 8.87. The minimum Gasteiger partial charge on any atom is -0.464 e. The van der Waals surface area contributed by atoms with Gasteiger partial charge in [0.25, 0.3) is 0 Å². The number of hydrogen-bond donors (Lipinski definition) is 3. The van der Waals surface area contributed by atoms with Gasteiger partial charge in [-0.3, -0.25) is 5.43 Å². The van der Waals surface area contributed by atoms with Crippen LogP contribution in [0.5, 0.6) is 17.8 Å². The molecule has 21 heavy (non-hydrogen) atoms. The molecular weight excluding hydrogens is 274 g/mol. The van der Waals surface area contributed by atoms with Crippen molar-refractivity contribution < 1.29 is 14.6 Å². The molecule has 0 aliphatic rings. The van der Waals surface area contributed by atoms with Crippen LogP contribution in [0.15, 0.2) is 24.3 Å². The van der Waals surface area contributed by atoms with Crippen LogP contribution in [-0.4, -0.2) is 33.3 Å². The highest BCUT2D eigenvalue weighted by molar-refractivity contribution is 5.31. The Balaban J connectivity index is 2.15. The van der Waals surface area contributed by atoms with E-state index in [9.17, 15) is 0 Å². The van der Waals surface area contributed by atoms with Crippen LogP contribution in [0.25, 0.3) is 0 Å². The molecule has 0 saturated heterocycles. The summed E-state index contributed by atoms with van der Waals surface area (Å²) < 4.78 is 10.8. The number of hydrogen-bond acceptors (Lipinski definition) is 8. The molecule has 4 N–H and O–H groups in total. The molecular formula is C13H17N5O3. The van der Waals surface area contributed by atoms with Crippen LogP contribution in [0, 0.1) is 0 Å². The molecule has 8 heteroatoms. The lowest BCUT2D eigenvalue weighted by molar-refractivity contribution is 0.299. The van der Waals surface area contributed by atoms with Crippen molar-refractivity contribution in [3.8, 4) is 17.8 Å². The van der Waals surface area contributed by atoms with Crippen molar-refractivity contribution >= 4 is 5.95 Å². The molecule has 0 bridgehead atoms. The van der Waals surface area contributed by atoms with E-state index in [2.05, 4.69) is 20.4 Å². The molecule has 0 aliphatic carbocycles. The van der Waals surface area contributed by atoms with E-state index in [4.69, 9.17) is 20.4 Å². The molecule has 8 nitrogen and oxygen atoms in total. The molecule has 2 aromatic rings. The highest BCUT2D eigenvalue weighted by Crippen LogP contribution is 2.21. The van der Waals surface area contributed by atoms with Crippen LogP contribution in [0.3, 0.4) is 0 Å². The third-order valence-electron chi connectivity index (χ3n) is 2.53. The summed E-state index contributed by atoms with van der Waals surface area (Å²) in [6.07, 6.45) is 0.599. The van der Waals surface area contributed by atoms with Crippen molar-refractivity contribution in [1.29, 1.82) is 0 Å². The lowest BCUT2D eigenvalue weighted by atomic mass is 10.1. The van der Waals surface area contributed by atoms with E-state index in [1.54, 1.807) is 12.1 Å². The van der Waals surface area contributed by atoms with E-state index < -0.39 is 0 Å². The lowest BCUT2D eigenvalue weighted by Crippen LogP contribution is -2.12. The molecule has 0 saturated carbocycles. The van der Waals surface area contributed by atoms with E-state index in [1.165, 1.54) is 0 Å². The van der Waals surface area contributed by atoms with E-state index in [0.29, 0.717) is 18.8 Å². The quantitative estimate of drug-likeness (QED) is 0.508. The molecule has 0 atom stereocenters. The molecule has 1 aromatic heterocycles. The molecule has 1 aromatic carbocycles. The maximum Gasteiger partial charge on any atom is 0.330 e. The molecule has 0 radical (unpaired) electrons. The van der Waals surface area contributed by atoms with Crippen molar-refractivity contribution in [3.63, 3.8) is 0 Å². The Bertz CT molecular complexity index is 577. The average Bonchev–Trinajstić information content (AvgIpc) is 2.49. The first kappa shape index (κ1) is 14.9. The minimum atomic E-state index is 0.0799. The van der Waals surface area contributed by atoms with Gasteiger partial charge in [0.2, 0.25) is 5.95 Å². The first-order chi connectivity index (χ1) is 10.2. The van der Waals surface area contributed by atoms with Crippen LogP contribution in [0.2, 0.25) is 0 Å². The van der Waals surface area contributed by atoms with E-state index in [0.717, 1.165) is 5.56 Å². The molecule has 0 aliphatic heterocycles. The maximum absolute atomic E-state index is 8.87. The molecule has 2 rings (SSSR count). The number of aliphatic hydroxyl groups is 1. The third-order valence-corrected chi connectivity index (χ3v) is 2.53. The second-order valence-electron chi connectivity index (χ2n) is 4.02. The van der Waals surface area contributed by atoms with Crippen molar-refractivity contribution in [2.75, 3.05) is 18.6 Å². The zero-order chi connectivity index (χ0) is 15.1. The van der Waals surface area contributed by atoms with Gasteiger partial charge in [-0.25, -0.2) is 5.84 Å². The van der Waals surface area contributed by atoms with Crippen LogP contribution in [0.4, 0.5) is 5.95 Å². The van der Waals surface area contributed by atoms with Crippen molar-refractivity contribution in [1.82, 2.24) is 15.0 Å². The number of rotatable bonds is 7. The van der Waals surface area contributed by atoms with Gasteiger partial charge in [0, 0.05) is 6.61 Å². The normalized spacial score (nSPS) is 10.2. The number of aromatic nitrogens is 3. The number of nitrogen functional groups attached to an aromatic ring is 1. The summed E-state index contributed by atoms with van der Waals surface area (Å²) in [4.78, 5) is 11.9. The van der Waals surface area contributed by atoms with Crippen molar-refractivity contribution in [2.45, 2.75) is 13.3 Å². The minimum absolute atomic E-state index is 0.0799. The monoisotopic (exact) mass is 291 g/mol. The summed E-state index contributed by atoms with van der Waals surface area (Å²) in [6.45, 7) is 2.35. The number of nitrogens with one attached hydrogen (secondary N) is 1. The summed E-state index contributed by atoms with van der Waals surface area (Å²) in [5.74, 6) is 6.01. The van der Waals surface area contributed by atoms with Gasteiger partial charge in [0.15, 0.2) is 0 Å². The van der Waals surface area contributed by atoms with Gasteiger partial charge >= 0.3 is 12.0 Å². The summed E-state index contributed by atoms with van der Waals surface area (Å²) in [6, 6.07) is 7.47. The van der Waals surface area contributed by atoms with Crippen LogP contribution in [-0.2, 0) is 6.42 Å². The first-order valence-electron chi connectivity index (χ1n) is 6.48. The third kappa shape index (κ3) is 4.26. The molecule has 0 amide bonds. The van der Waals surface area contributed by atoms with Gasteiger partial charge in [-0.2, -0.15) is 9.97 Å². The Morgan fingerprint density at radius 1 is 1.14 bits per heavy atom. The van der Waals surface area contributed by atoms with Crippen LogP contribution >= 0.6 is 0 Å². The number of hydrazine groups is 1. The first-order valence-corrected chi connectivity index (χ1v) is 6.48. The SMILES string of the molecule is CCOc1nc(NN)nc(Oc2ccc(CCO)cc2)n1. The standard InChI is InChI=1S/C13H17N5O3/c1-2-20-12-15-11(18-14)16-13(17-12)21-10-5-3-9(4-6-10)7-8-19/h3-6,19H,2,7-8,14H2,1H3,(H,15,16,17,18). The Hall–Kier alpha value is -2.45. The number of nitrogens with zero attached hydrogens (tertiary/aromatic N) is 3. The molecule has 1 heterocycles. The smallest absolute Gasteiger partial charge is 0.330 e. The molecule has 0 spiro atoms. The second kappa shape index (κ2) is 7.36. The largest absolute Gasteiger partial charge is 0.464 e. The van der Waals surface area contributed by atoms with Gasteiger partial charge < -0.3 is 14.6 Å². The van der Waals surface area contributed by atoms with Gasteiger partial charge in [0.1, 0.15) is 5.75 Å². The number of aliphatic hydroxyl groups excluding tert-OH is 1. The Morgan fingerprint density at radius 3 is 2.48 bits per heavy atom. The van der Waals surface area contributed by atoms with E-state index in [1.807, 2.05) is 19.1 Å². The second-order valence-corrected chi connectivity index (χ2v) is 4.02. The highest BCUT2D eigenvalue weighted by atomic mass is 16.5. The lowest BCUT2D eigenvalue weighted by Gasteiger charge is -2.08. The predicted molar refractivity (Wildman–Crippen MR) is 76.1 cm³/mol. The Kier molecular flexibility index (Phi) is 5.24. The Morgan fingerprint density at radius 2 is 1.86 bits per heavy atom. The summed E-state index contributed by atoms with van der Waals surface area (Å²) >= 11 is 0. The van der Waals surface area contributed by atoms with E-state index in [-0.39, 0.29) is 24.6 Å². The fraction of sp³-hybridized carbons (Fsp3) is 0.308. The van der Waals surface area contributed by atoms with Gasteiger partial charge in [-0.05, 0) is 31.0 Å². The predicted octanol–water partition coefficient (Wildman–Crippen LogP) is 0.883. The van der Waals surface area contributed by atoms with Gasteiger partial charge in [-0.1, -0.05) is 12.1 Å². The number of benzene rings is 1. The molecule has 0 unspecified atom stereocenters. The number of ether oxygens (including phenoxy) is 2. The van der Waals surface area contributed by atoms with E-state index >= 15 is 0 Å². The summed E-state index contributed by atoms with van der Waals surface area (Å²) in [5.41, 5.74) is 3.34. The van der Waals surface area contributed by atoms with Crippen molar-refractivity contribution in [2.24, 2.45) is 5.84 Å². The average molecular weight is 291 g/mol. The summed E-state index contributed by atoms with van der Waals surface area (Å²) in [7, 11) is 0. The van der Waals surface area contributed by atoms with Crippen molar-refractivity contribution in [3.05, 3.63) is 29.8 Å². The molecule has 0 fully saturated rings. The fourth-order valence-corrected chi connectivity index (χ4v) is 1.60. The zero-order valence-corrected chi connectivity index (χ0v) is 11.6. The topological polar surface area (TPSA) is 115 Å². The Labute approximate surface area is 121 Å². The molecule has 112 valence electrons. The van der Waals surface area contributed by atoms with Gasteiger partial charge in [-0.15, -0.1) is 4.98 Å². The highest BCUT2D eigenvalue weighted by Gasteiger charge is 2.08. The van der Waals surface area contributed by atoms with Gasteiger partial charge in [0.05, 0.1) is 6.61 Å². The van der Waals surface area contributed by atoms with Crippen LogP contribution in [0.1, 0.15) is 12.5 Å². The zero-order valence-electron chi connectivity index (χ0n) is 11.6. The number of anilines is 1. The summed E-state index contributed by atoms with van der Waals surface area (Å²) in [5, 5.41) is 8.87. The number of nitrogens with two attached hydrogens (primary N) is 1.